The first-order valence-electron chi connectivity index (χ1n) is 8.69. The first-order valence-corrected chi connectivity index (χ1v) is 8.69. The SMILES string of the molecule is CN(C)c1cc(N=C2CCCN2c2ccccc2)c2ccccc2n1. The van der Waals surface area contributed by atoms with Gasteiger partial charge < -0.3 is 9.80 Å². The normalized spacial score (nSPS) is 15.9. The van der Waals surface area contributed by atoms with Gasteiger partial charge in [-0.2, -0.15) is 0 Å². The van der Waals surface area contributed by atoms with Gasteiger partial charge in [0.2, 0.25) is 0 Å². The summed E-state index contributed by atoms with van der Waals surface area (Å²) in [5.41, 5.74) is 3.19. The summed E-state index contributed by atoms with van der Waals surface area (Å²) in [7, 11) is 4.03. The van der Waals surface area contributed by atoms with Crippen molar-refractivity contribution in [1.82, 2.24) is 4.98 Å². The van der Waals surface area contributed by atoms with Crippen LogP contribution in [0, 0.1) is 0 Å². The van der Waals surface area contributed by atoms with Crippen LogP contribution in [0.4, 0.5) is 17.2 Å². The largest absolute Gasteiger partial charge is 0.363 e. The number of anilines is 2. The van der Waals surface area contributed by atoms with Gasteiger partial charge in [-0.05, 0) is 24.6 Å². The molecule has 1 aromatic heterocycles. The zero-order chi connectivity index (χ0) is 17.2. The second-order valence-corrected chi connectivity index (χ2v) is 6.53. The molecule has 4 rings (SSSR count). The summed E-state index contributed by atoms with van der Waals surface area (Å²) in [5, 5.41) is 1.10. The van der Waals surface area contributed by atoms with E-state index in [0.29, 0.717) is 0 Å². The first kappa shape index (κ1) is 15.6. The van der Waals surface area contributed by atoms with Gasteiger partial charge in [0, 0.05) is 44.2 Å². The first-order chi connectivity index (χ1) is 12.2. The van der Waals surface area contributed by atoms with Crippen molar-refractivity contribution >= 4 is 33.9 Å². The van der Waals surface area contributed by atoms with E-state index in [-0.39, 0.29) is 0 Å². The lowest BCUT2D eigenvalue weighted by Crippen LogP contribution is -2.23. The van der Waals surface area contributed by atoms with E-state index < -0.39 is 0 Å². The van der Waals surface area contributed by atoms with Crippen LogP contribution < -0.4 is 9.80 Å². The van der Waals surface area contributed by atoms with Crippen molar-refractivity contribution in [1.29, 1.82) is 0 Å². The van der Waals surface area contributed by atoms with Gasteiger partial charge in [0.25, 0.3) is 0 Å². The molecular formula is C21H22N4. The predicted octanol–water partition coefficient (Wildman–Crippen LogP) is 4.63. The molecule has 1 aliphatic rings. The number of para-hydroxylation sites is 2. The fourth-order valence-corrected chi connectivity index (χ4v) is 3.27. The van der Waals surface area contributed by atoms with Crippen LogP contribution in [0.3, 0.4) is 0 Å². The van der Waals surface area contributed by atoms with Crippen molar-refractivity contribution in [2.24, 2.45) is 4.99 Å². The molecule has 1 aliphatic heterocycles. The molecule has 25 heavy (non-hydrogen) atoms. The predicted molar refractivity (Wildman–Crippen MR) is 106 cm³/mol. The molecule has 126 valence electrons. The highest BCUT2D eigenvalue weighted by atomic mass is 15.2. The average molecular weight is 330 g/mol. The van der Waals surface area contributed by atoms with E-state index >= 15 is 0 Å². The topological polar surface area (TPSA) is 31.7 Å². The minimum Gasteiger partial charge on any atom is -0.363 e. The Morgan fingerprint density at radius 2 is 1.76 bits per heavy atom. The van der Waals surface area contributed by atoms with Crippen LogP contribution in [-0.2, 0) is 0 Å². The summed E-state index contributed by atoms with van der Waals surface area (Å²) in [5.74, 6) is 2.06. The van der Waals surface area contributed by atoms with Crippen LogP contribution in [0.25, 0.3) is 10.9 Å². The number of hydrogen-bond donors (Lipinski definition) is 0. The smallest absolute Gasteiger partial charge is 0.130 e. The van der Waals surface area contributed by atoms with Crippen molar-refractivity contribution in [2.45, 2.75) is 12.8 Å². The molecule has 0 aliphatic carbocycles. The average Bonchev–Trinajstić information content (AvgIpc) is 3.10. The summed E-state index contributed by atoms with van der Waals surface area (Å²) >= 11 is 0. The summed E-state index contributed by atoms with van der Waals surface area (Å²) < 4.78 is 0. The number of fused-ring (bicyclic) bond motifs is 1. The van der Waals surface area contributed by atoms with E-state index in [1.165, 1.54) is 5.69 Å². The quantitative estimate of drug-likeness (QED) is 0.701. The number of rotatable bonds is 3. The maximum absolute atomic E-state index is 5.06. The molecule has 4 heteroatoms. The van der Waals surface area contributed by atoms with Crippen molar-refractivity contribution < 1.29 is 0 Å². The number of aliphatic imine (C=N–C) groups is 1. The van der Waals surface area contributed by atoms with E-state index in [2.05, 4.69) is 53.4 Å². The molecular weight excluding hydrogens is 308 g/mol. The number of nitrogens with zero attached hydrogens (tertiary/aromatic N) is 4. The molecule has 4 nitrogen and oxygen atoms in total. The van der Waals surface area contributed by atoms with Crippen LogP contribution >= 0.6 is 0 Å². The molecule has 0 bridgehead atoms. The van der Waals surface area contributed by atoms with E-state index in [4.69, 9.17) is 9.98 Å². The Morgan fingerprint density at radius 1 is 1.00 bits per heavy atom. The molecule has 1 fully saturated rings. The van der Waals surface area contributed by atoms with Crippen LogP contribution in [-0.4, -0.2) is 31.5 Å². The van der Waals surface area contributed by atoms with Crippen LogP contribution in [0.1, 0.15) is 12.8 Å². The zero-order valence-electron chi connectivity index (χ0n) is 14.7. The number of hydrogen-bond acceptors (Lipinski definition) is 3. The number of pyridine rings is 1. The number of aromatic nitrogens is 1. The van der Waals surface area contributed by atoms with E-state index in [1.54, 1.807) is 0 Å². The Morgan fingerprint density at radius 3 is 2.56 bits per heavy atom. The highest BCUT2D eigenvalue weighted by Gasteiger charge is 2.20. The molecule has 1 saturated heterocycles. The standard InChI is InChI=1S/C21H22N4/c1-24(2)21-15-19(17-11-6-7-12-18(17)22-21)23-20-13-8-14-25(20)16-9-4-3-5-10-16/h3-7,9-12,15H,8,13-14H2,1-2H3. The van der Waals surface area contributed by atoms with Gasteiger partial charge in [-0.1, -0.05) is 36.4 Å². The maximum Gasteiger partial charge on any atom is 0.130 e. The Kier molecular flexibility index (Phi) is 4.10. The lowest BCUT2D eigenvalue weighted by molar-refractivity contribution is 0.956. The second-order valence-electron chi connectivity index (χ2n) is 6.53. The molecule has 0 unspecified atom stereocenters. The van der Waals surface area contributed by atoms with Gasteiger partial charge in [-0.15, -0.1) is 0 Å². The van der Waals surface area contributed by atoms with Crippen LogP contribution in [0.15, 0.2) is 65.7 Å². The lowest BCUT2D eigenvalue weighted by atomic mass is 10.2. The molecule has 0 atom stereocenters. The molecule has 0 amide bonds. The van der Waals surface area contributed by atoms with Gasteiger partial charge in [0.05, 0.1) is 11.2 Å². The zero-order valence-corrected chi connectivity index (χ0v) is 14.7. The Bertz CT molecular complexity index is 916. The highest BCUT2D eigenvalue weighted by Crippen LogP contribution is 2.31. The van der Waals surface area contributed by atoms with E-state index in [9.17, 15) is 0 Å². The fraction of sp³-hybridized carbons (Fsp3) is 0.238. The fourth-order valence-electron chi connectivity index (χ4n) is 3.27. The van der Waals surface area contributed by atoms with Crippen molar-refractivity contribution in [3.63, 3.8) is 0 Å². The molecule has 0 radical (unpaired) electrons. The maximum atomic E-state index is 5.06. The minimum atomic E-state index is 0.933. The number of amidine groups is 1. The summed E-state index contributed by atoms with van der Waals surface area (Å²) in [6.07, 6.45) is 2.14. The Hall–Kier alpha value is -2.88. The van der Waals surface area contributed by atoms with Crippen LogP contribution in [0.5, 0.6) is 0 Å². The third-order valence-corrected chi connectivity index (χ3v) is 4.55. The van der Waals surface area contributed by atoms with Crippen LogP contribution in [0.2, 0.25) is 0 Å². The van der Waals surface area contributed by atoms with Gasteiger partial charge in [0.1, 0.15) is 11.7 Å². The van der Waals surface area contributed by atoms with Crippen molar-refractivity contribution in [2.75, 3.05) is 30.4 Å². The summed E-state index contributed by atoms with van der Waals surface area (Å²) in [6, 6.07) is 20.8. The Balaban J connectivity index is 1.82. The van der Waals surface area contributed by atoms with E-state index in [0.717, 1.165) is 47.6 Å². The molecule has 2 heterocycles. The van der Waals surface area contributed by atoms with E-state index in [1.807, 2.05) is 31.1 Å². The molecule has 3 aromatic rings. The third kappa shape index (κ3) is 3.07. The Labute approximate surface area is 148 Å². The van der Waals surface area contributed by atoms with Gasteiger partial charge in [-0.25, -0.2) is 9.98 Å². The van der Waals surface area contributed by atoms with Gasteiger partial charge in [0.15, 0.2) is 0 Å². The van der Waals surface area contributed by atoms with Crippen molar-refractivity contribution in [3.05, 3.63) is 60.7 Å². The molecule has 2 aromatic carbocycles. The molecule has 0 saturated carbocycles. The van der Waals surface area contributed by atoms with Gasteiger partial charge in [-0.3, -0.25) is 0 Å². The molecule has 0 spiro atoms. The monoisotopic (exact) mass is 330 g/mol. The third-order valence-electron chi connectivity index (χ3n) is 4.55. The molecule has 0 N–H and O–H groups in total. The van der Waals surface area contributed by atoms with Gasteiger partial charge >= 0.3 is 0 Å². The second kappa shape index (κ2) is 6.55. The van der Waals surface area contributed by atoms with Crippen molar-refractivity contribution in [3.8, 4) is 0 Å². The minimum absolute atomic E-state index is 0.933. The lowest BCUT2D eigenvalue weighted by Gasteiger charge is -2.19. The summed E-state index contributed by atoms with van der Waals surface area (Å²) in [4.78, 5) is 14.1. The summed E-state index contributed by atoms with van der Waals surface area (Å²) in [6.45, 7) is 1.02. The number of benzene rings is 2. The highest BCUT2D eigenvalue weighted by molar-refractivity contribution is 6.03.